The Balaban J connectivity index is 1.25. The summed E-state index contributed by atoms with van der Waals surface area (Å²) in [5.74, 6) is 1.50. The van der Waals surface area contributed by atoms with E-state index in [0.717, 1.165) is 66.2 Å². The Morgan fingerprint density at radius 2 is 1.72 bits per heavy atom. The number of ether oxygens (including phenoxy) is 4. The average molecular weight is 581 g/mol. The van der Waals surface area contributed by atoms with Gasteiger partial charge in [-0.25, -0.2) is 4.79 Å². The highest BCUT2D eigenvalue weighted by atomic mass is 16.7. The Labute approximate surface area is 250 Å². The molecule has 8 heteroatoms. The number of hydrogen-bond acceptors (Lipinski definition) is 6. The van der Waals surface area contributed by atoms with Gasteiger partial charge in [0, 0.05) is 27.6 Å². The molecule has 1 amide bonds. The summed E-state index contributed by atoms with van der Waals surface area (Å²) in [6.07, 6.45) is 12.0. The molecule has 0 unspecified atom stereocenters. The number of morpholine rings is 1. The van der Waals surface area contributed by atoms with Crippen LogP contribution < -0.4 is 9.47 Å². The Morgan fingerprint density at radius 1 is 0.953 bits per heavy atom. The molecule has 1 saturated heterocycles. The summed E-state index contributed by atoms with van der Waals surface area (Å²) in [5.41, 5.74) is 6.24. The highest BCUT2D eigenvalue weighted by molar-refractivity contribution is 6.04. The molecule has 0 N–H and O–H groups in total. The zero-order chi connectivity index (χ0) is 28.9. The smallest absolute Gasteiger partial charge is 0.337 e. The summed E-state index contributed by atoms with van der Waals surface area (Å²) in [6, 6.07) is 10.0. The van der Waals surface area contributed by atoms with E-state index < -0.39 is 0 Å². The van der Waals surface area contributed by atoms with Gasteiger partial charge in [-0.1, -0.05) is 25.3 Å². The maximum absolute atomic E-state index is 14.6. The van der Waals surface area contributed by atoms with Crippen molar-refractivity contribution in [3.05, 3.63) is 52.6 Å². The standard InChI is InChI=1S/C35H36N2O6/c1-40-33(39)22-7-8-25-27(16-22)37-17-23(32(38)36-18-34(11-12-34)43-35(19-36)13-14-35)15-26-24(9-10-28-31(26)42-20-41-28)30(37)29(25)21-5-3-2-4-6-21/h7-10,15-16,21H,2-6,11-14,17-20H2,1H3. The summed E-state index contributed by atoms with van der Waals surface area (Å²) in [5, 5.41) is 1.15. The summed E-state index contributed by atoms with van der Waals surface area (Å²) >= 11 is 0. The second kappa shape index (κ2) is 9.11. The fourth-order valence-electron chi connectivity index (χ4n) is 8.16. The molecule has 0 atom stereocenters. The molecule has 3 aliphatic heterocycles. The molecule has 4 heterocycles. The molecule has 2 spiro atoms. The highest BCUT2D eigenvalue weighted by Gasteiger charge is 2.61. The lowest BCUT2D eigenvalue weighted by Gasteiger charge is -2.39. The van der Waals surface area contributed by atoms with Gasteiger partial charge in [-0.2, -0.15) is 0 Å². The van der Waals surface area contributed by atoms with Gasteiger partial charge in [0.05, 0.1) is 49.2 Å². The number of esters is 1. The maximum Gasteiger partial charge on any atom is 0.337 e. The van der Waals surface area contributed by atoms with Crippen LogP contribution in [-0.4, -0.2) is 59.5 Å². The molecule has 4 fully saturated rings. The number of rotatable bonds is 3. The average Bonchev–Trinajstić information content (AvgIpc) is 3.88. The molecule has 0 bridgehead atoms. The van der Waals surface area contributed by atoms with Crippen LogP contribution in [0.1, 0.15) is 85.2 Å². The van der Waals surface area contributed by atoms with E-state index in [9.17, 15) is 9.59 Å². The minimum atomic E-state index is -0.362. The van der Waals surface area contributed by atoms with Crippen LogP contribution in [-0.2, 0) is 20.8 Å². The number of hydrogen-bond donors (Lipinski definition) is 0. The van der Waals surface area contributed by atoms with Crippen molar-refractivity contribution in [1.82, 2.24) is 9.47 Å². The normalized spacial score (nSPS) is 22.6. The third kappa shape index (κ3) is 3.98. The van der Waals surface area contributed by atoms with Crippen molar-refractivity contribution >= 4 is 28.9 Å². The molecule has 6 aliphatic rings. The predicted octanol–water partition coefficient (Wildman–Crippen LogP) is 6.19. The predicted molar refractivity (Wildman–Crippen MR) is 160 cm³/mol. The second-order valence-electron chi connectivity index (χ2n) is 13.5. The van der Waals surface area contributed by atoms with Crippen LogP contribution in [0.15, 0.2) is 35.9 Å². The maximum atomic E-state index is 14.6. The van der Waals surface area contributed by atoms with E-state index >= 15 is 0 Å². The first-order chi connectivity index (χ1) is 21.0. The summed E-state index contributed by atoms with van der Waals surface area (Å²) in [4.78, 5) is 29.3. The van der Waals surface area contributed by atoms with Gasteiger partial charge in [0.25, 0.3) is 5.91 Å². The fraction of sp³-hybridized carbons (Fsp3) is 0.486. The number of benzene rings is 2. The fourth-order valence-corrected chi connectivity index (χ4v) is 8.16. The molecule has 3 aliphatic carbocycles. The van der Waals surface area contributed by atoms with Crippen molar-refractivity contribution in [1.29, 1.82) is 0 Å². The first-order valence-electron chi connectivity index (χ1n) is 15.8. The minimum absolute atomic E-state index is 0.0568. The van der Waals surface area contributed by atoms with E-state index in [2.05, 4.69) is 16.7 Å². The second-order valence-corrected chi connectivity index (χ2v) is 13.5. The third-order valence-electron chi connectivity index (χ3n) is 10.6. The molecule has 2 aromatic carbocycles. The monoisotopic (exact) mass is 580 g/mol. The first-order valence-corrected chi connectivity index (χ1v) is 15.8. The van der Waals surface area contributed by atoms with Crippen LogP contribution in [0.25, 0.3) is 28.2 Å². The van der Waals surface area contributed by atoms with Gasteiger partial charge in [0.15, 0.2) is 11.5 Å². The molecule has 1 aromatic heterocycles. The SMILES string of the molecule is COC(=O)c1ccc2c(C3CCCCC3)c3n(c2c1)CC(C(=O)N1CC2(CC2)OC2(CC2)C1)=Cc1c-3ccc2c1OCO2. The first kappa shape index (κ1) is 25.7. The zero-order valence-corrected chi connectivity index (χ0v) is 24.6. The molecule has 3 saturated carbocycles. The quantitative estimate of drug-likeness (QED) is 0.344. The van der Waals surface area contributed by atoms with Crippen LogP contribution in [0.2, 0.25) is 0 Å². The molecule has 222 valence electrons. The minimum Gasteiger partial charge on any atom is -0.465 e. The Morgan fingerprint density at radius 3 is 2.44 bits per heavy atom. The number of methoxy groups -OCH3 is 1. The van der Waals surface area contributed by atoms with E-state index in [4.69, 9.17) is 18.9 Å². The van der Waals surface area contributed by atoms with Crippen molar-refractivity contribution in [3.8, 4) is 22.8 Å². The summed E-state index contributed by atoms with van der Waals surface area (Å²) in [7, 11) is 1.42. The molecule has 8 nitrogen and oxygen atoms in total. The Kier molecular flexibility index (Phi) is 5.45. The summed E-state index contributed by atoms with van der Waals surface area (Å²) < 4.78 is 25.8. The third-order valence-corrected chi connectivity index (χ3v) is 10.6. The Hall–Kier alpha value is -3.78. The lowest BCUT2D eigenvalue weighted by atomic mass is 9.81. The van der Waals surface area contributed by atoms with E-state index in [-0.39, 0.29) is 29.9 Å². The number of carbonyl (C=O) groups excluding carboxylic acids is 2. The number of fused-ring (bicyclic) bond motifs is 7. The van der Waals surface area contributed by atoms with Crippen molar-refractivity contribution < 1.29 is 28.5 Å². The van der Waals surface area contributed by atoms with Crippen LogP contribution in [0.4, 0.5) is 0 Å². The van der Waals surface area contributed by atoms with Gasteiger partial charge in [-0.15, -0.1) is 0 Å². The van der Waals surface area contributed by atoms with Crippen LogP contribution >= 0.6 is 0 Å². The van der Waals surface area contributed by atoms with Gasteiger partial charge in [0.1, 0.15) is 0 Å². The zero-order valence-electron chi connectivity index (χ0n) is 24.6. The lowest BCUT2D eigenvalue weighted by Crippen LogP contribution is -2.53. The van der Waals surface area contributed by atoms with E-state index in [1.165, 1.54) is 31.9 Å². The van der Waals surface area contributed by atoms with Crippen LogP contribution in [0.5, 0.6) is 11.5 Å². The molecular weight excluding hydrogens is 544 g/mol. The largest absolute Gasteiger partial charge is 0.465 e. The Bertz CT molecular complexity index is 1720. The van der Waals surface area contributed by atoms with Crippen molar-refractivity contribution in [2.45, 2.75) is 81.5 Å². The van der Waals surface area contributed by atoms with Crippen LogP contribution in [0, 0.1) is 0 Å². The van der Waals surface area contributed by atoms with Crippen LogP contribution in [0.3, 0.4) is 0 Å². The molecule has 43 heavy (non-hydrogen) atoms. The topological polar surface area (TPSA) is 79.2 Å². The summed E-state index contributed by atoms with van der Waals surface area (Å²) in [6.45, 7) is 1.86. The number of carbonyl (C=O) groups is 2. The van der Waals surface area contributed by atoms with Gasteiger partial charge in [0.2, 0.25) is 6.79 Å². The number of nitrogens with zero attached hydrogens (tertiary/aromatic N) is 2. The van der Waals surface area contributed by atoms with Gasteiger partial charge < -0.3 is 28.4 Å². The van der Waals surface area contributed by atoms with Gasteiger partial charge >= 0.3 is 5.97 Å². The van der Waals surface area contributed by atoms with E-state index in [1.54, 1.807) is 0 Å². The van der Waals surface area contributed by atoms with Gasteiger partial charge in [-0.05, 0) is 80.3 Å². The molecule has 3 aromatic rings. The van der Waals surface area contributed by atoms with Crippen molar-refractivity contribution in [2.24, 2.45) is 0 Å². The molecule has 9 rings (SSSR count). The molecule has 0 radical (unpaired) electrons. The van der Waals surface area contributed by atoms with Gasteiger partial charge in [-0.3, -0.25) is 4.79 Å². The van der Waals surface area contributed by atoms with Crippen molar-refractivity contribution in [2.75, 3.05) is 27.0 Å². The van der Waals surface area contributed by atoms with Crippen molar-refractivity contribution in [3.63, 3.8) is 0 Å². The van der Waals surface area contributed by atoms with E-state index in [0.29, 0.717) is 48.2 Å². The number of amides is 1. The molecular formula is C35H36N2O6. The lowest BCUT2D eigenvalue weighted by molar-refractivity contribution is -0.150. The highest BCUT2D eigenvalue weighted by Crippen LogP contribution is 2.55. The number of aromatic nitrogens is 1. The van der Waals surface area contributed by atoms with E-state index in [1.807, 2.05) is 29.2 Å².